The van der Waals surface area contributed by atoms with Gasteiger partial charge in [-0.2, -0.15) is 5.10 Å². The number of ketones is 1. The maximum atomic E-state index is 12.6. The van der Waals surface area contributed by atoms with Crippen LogP contribution in [0.15, 0.2) is 6.07 Å². The van der Waals surface area contributed by atoms with Crippen LogP contribution < -0.4 is 0 Å². The van der Waals surface area contributed by atoms with Crippen molar-refractivity contribution < 1.29 is 14.4 Å². The normalized spacial score (nSPS) is 22.7. The number of piperidine rings is 1. The van der Waals surface area contributed by atoms with Crippen LogP contribution >= 0.6 is 0 Å². The van der Waals surface area contributed by atoms with E-state index >= 15 is 0 Å². The van der Waals surface area contributed by atoms with Crippen molar-refractivity contribution >= 4 is 17.6 Å². The molecule has 0 atom stereocenters. The van der Waals surface area contributed by atoms with Crippen molar-refractivity contribution in [1.29, 1.82) is 0 Å². The number of hydrogen-bond acceptors (Lipinski definition) is 4. The van der Waals surface area contributed by atoms with E-state index in [-0.39, 0.29) is 28.7 Å². The molecule has 3 aliphatic rings. The highest BCUT2D eigenvalue weighted by molar-refractivity contribution is 5.97. The Morgan fingerprint density at radius 1 is 1.32 bits per heavy atom. The number of Topliss-reactive ketones (excluding diaryl/α,β-unsaturated/α-hetero) is 1. The van der Waals surface area contributed by atoms with Crippen LogP contribution in [0.1, 0.15) is 60.0 Å². The smallest absolute Gasteiger partial charge is 0.271 e. The van der Waals surface area contributed by atoms with Crippen LogP contribution in [-0.4, -0.2) is 63.8 Å². The number of likely N-dealkylation sites (tertiary alicyclic amines) is 2. The van der Waals surface area contributed by atoms with Crippen LogP contribution in [0.25, 0.3) is 0 Å². The van der Waals surface area contributed by atoms with Crippen LogP contribution in [0, 0.1) is 11.3 Å². The molecule has 2 saturated heterocycles. The van der Waals surface area contributed by atoms with E-state index in [1.54, 1.807) is 4.90 Å². The van der Waals surface area contributed by atoms with Crippen molar-refractivity contribution in [1.82, 2.24) is 20.0 Å². The predicted octanol–water partition coefficient (Wildman–Crippen LogP) is 1.48. The van der Waals surface area contributed by atoms with Gasteiger partial charge in [-0.3, -0.25) is 19.5 Å². The van der Waals surface area contributed by atoms with E-state index in [1.807, 2.05) is 4.90 Å². The van der Waals surface area contributed by atoms with Gasteiger partial charge in [0.1, 0.15) is 11.4 Å². The molecular weight excluding hydrogens is 320 g/mol. The highest BCUT2D eigenvalue weighted by atomic mass is 16.2. The Kier molecular flexibility index (Phi) is 3.89. The first-order chi connectivity index (χ1) is 12.0. The van der Waals surface area contributed by atoms with Gasteiger partial charge in [0.05, 0.1) is 0 Å². The lowest BCUT2D eigenvalue weighted by Crippen LogP contribution is -2.44. The first-order valence-corrected chi connectivity index (χ1v) is 9.09. The third-order valence-corrected chi connectivity index (χ3v) is 5.86. The van der Waals surface area contributed by atoms with E-state index in [1.165, 1.54) is 25.8 Å². The van der Waals surface area contributed by atoms with E-state index < -0.39 is 0 Å². The molecule has 2 amide bonds. The number of nitrogens with one attached hydrogen (secondary N) is 1. The minimum absolute atomic E-state index is 0.0429. The summed E-state index contributed by atoms with van der Waals surface area (Å²) in [6.45, 7) is 4.50. The number of amides is 2. The molecule has 1 spiro atoms. The topological polar surface area (TPSA) is 86.4 Å². The Morgan fingerprint density at radius 3 is 2.64 bits per heavy atom. The maximum absolute atomic E-state index is 12.6. The SMILES string of the molecule is CC(=O)c1cc(C(=O)N2CCC3(CC2)CC(=O)N(CC2CC2)C3)[nH]n1. The fourth-order valence-electron chi connectivity index (χ4n) is 4.06. The van der Waals surface area contributed by atoms with E-state index in [0.717, 1.165) is 31.8 Å². The van der Waals surface area contributed by atoms with Crippen LogP contribution in [-0.2, 0) is 4.79 Å². The minimum atomic E-state index is -0.159. The van der Waals surface area contributed by atoms with Gasteiger partial charge in [0.15, 0.2) is 5.78 Å². The Hall–Kier alpha value is -2.18. The molecule has 1 aromatic heterocycles. The fraction of sp³-hybridized carbons (Fsp3) is 0.667. The molecule has 3 fully saturated rings. The van der Waals surface area contributed by atoms with Crippen molar-refractivity contribution in [3.8, 4) is 0 Å². The highest BCUT2D eigenvalue weighted by Crippen LogP contribution is 2.42. The van der Waals surface area contributed by atoms with Crippen molar-refractivity contribution in [2.75, 3.05) is 26.2 Å². The molecule has 4 rings (SSSR count). The summed E-state index contributed by atoms with van der Waals surface area (Å²) in [5.74, 6) is 0.727. The Bertz CT molecular complexity index is 714. The van der Waals surface area contributed by atoms with Crippen molar-refractivity contribution in [2.45, 2.75) is 39.0 Å². The summed E-state index contributed by atoms with van der Waals surface area (Å²) in [5, 5.41) is 6.55. The van der Waals surface area contributed by atoms with Gasteiger partial charge in [-0.05, 0) is 37.7 Å². The van der Waals surface area contributed by atoms with Crippen LogP contribution in [0.2, 0.25) is 0 Å². The molecule has 25 heavy (non-hydrogen) atoms. The number of carbonyl (C=O) groups excluding carboxylic acids is 3. The largest absolute Gasteiger partial charge is 0.342 e. The lowest BCUT2D eigenvalue weighted by atomic mass is 9.77. The number of nitrogens with zero attached hydrogens (tertiary/aromatic N) is 3. The molecule has 1 N–H and O–H groups in total. The van der Waals surface area contributed by atoms with Gasteiger partial charge >= 0.3 is 0 Å². The number of H-pyrrole nitrogens is 1. The maximum Gasteiger partial charge on any atom is 0.271 e. The average Bonchev–Trinajstić information content (AvgIpc) is 3.16. The molecular formula is C18H24N4O3. The molecule has 134 valence electrons. The molecule has 7 nitrogen and oxygen atoms in total. The summed E-state index contributed by atoms with van der Waals surface area (Å²) in [7, 11) is 0. The molecule has 0 aromatic carbocycles. The summed E-state index contributed by atoms with van der Waals surface area (Å²) in [6, 6.07) is 1.52. The monoisotopic (exact) mass is 344 g/mol. The lowest BCUT2D eigenvalue weighted by Gasteiger charge is -2.38. The second kappa shape index (κ2) is 5.97. The molecule has 1 aromatic rings. The first-order valence-electron chi connectivity index (χ1n) is 9.09. The van der Waals surface area contributed by atoms with Crippen molar-refractivity contribution in [3.05, 3.63) is 17.5 Å². The summed E-state index contributed by atoms with van der Waals surface area (Å²) >= 11 is 0. The molecule has 1 aliphatic carbocycles. The van der Waals surface area contributed by atoms with Gasteiger partial charge in [-0.15, -0.1) is 0 Å². The number of aromatic amines is 1. The zero-order valence-corrected chi connectivity index (χ0v) is 14.6. The van der Waals surface area contributed by atoms with Gasteiger partial charge in [0, 0.05) is 44.9 Å². The molecule has 7 heteroatoms. The summed E-state index contributed by atoms with van der Waals surface area (Å²) < 4.78 is 0. The highest BCUT2D eigenvalue weighted by Gasteiger charge is 2.46. The number of carbonyl (C=O) groups is 3. The van der Waals surface area contributed by atoms with E-state index in [4.69, 9.17) is 0 Å². The van der Waals surface area contributed by atoms with Gasteiger partial charge in [0.2, 0.25) is 5.91 Å². The number of rotatable bonds is 4. The Morgan fingerprint density at radius 2 is 2.04 bits per heavy atom. The molecule has 0 unspecified atom stereocenters. The van der Waals surface area contributed by atoms with Crippen LogP contribution in [0.4, 0.5) is 0 Å². The first kappa shape index (κ1) is 16.3. The summed E-state index contributed by atoms with van der Waals surface area (Å²) in [6.07, 6.45) is 4.86. The number of hydrogen-bond donors (Lipinski definition) is 1. The molecule has 0 bridgehead atoms. The summed E-state index contributed by atoms with van der Waals surface area (Å²) in [5.41, 5.74) is 0.689. The molecule has 0 radical (unpaired) electrons. The Balaban J connectivity index is 1.36. The minimum Gasteiger partial charge on any atom is -0.342 e. The van der Waals surface area contributed by atoms with Crippen LogP contribution in [0.3, 0.4) is 0 Å². The fourth-order valence-corrected chi connectivity index (χ4v) is 4.06. The van der Waals surface area contributed by atoms with Gasteiger partial charge in [0.25, 0.3) is 5.91 Å². The predicted molar refractivity (Wildman–Crippen MR) is 90.1 cm³/mol. The van der Waals surface area contributed by atoms with Gasteiger partial charge in [-0.25, -0.2) is 0 Å². The zero-order valence-electron chi connectivity index (χ0n) is 14.6. The lowest BCUT2D eigenvalue weighted by molar-refractivity contribution is -0.128. The Labute approximate surface area is 146 Å². The van der Waals surface area contributed by atoms with E-state index in [2.05, 4.69) is 10.2 Å². The van der Waals surface area contributed by atoms with Gasteiger partial charge < -0.3 is 9.80 Å². The molecule has 3 heterocycles. The third-order valence-electron chi connectivity index (χ3n) is 5.86. The molecule has 2 aliphatic heterocycles. The van der Waals surface area contributed by atoms with E-state index in [9.17, 15) is 14.4 Å². The van der Waals surface area contributed by atoms with Gasteiger partial charge in [-0.1, -0.05) is 0 Å². The zero-order chi connectivity index (χ0) is 17.6. The summed E-state index contributed by atoms with van der Waals surface area (Å²) in [4.78, 5) is 40.1. The van der Waals surface area contributed by atoms with Crippen LogP contribution in [0.5, 0.6) is 0 Å². The second-order valence-electron chi connectivity index (χ2n) is 7.91. The quantitative estimate of drug-likeness (QED) is 0.838. The molecule has 1 saturated carbocycles. The van der Waals surface area contributed by atoms with E-state index in [0.29, 0.717) is 25.2 Å². The van der Waals surface area contributed by atoms with Crippen molar-refractivity contribution in [2.24, 2.45) is 11.3 Å². The third kappa shape index (κ3) is 3.19. The average molecular weight is 344 g/mol. The standard InChI is InChI=1S/C18H24N4O3/c1-12(23)14-8-15(20-19-14)17(25)21-6-4-18(5-7-21)9-16(24)22(11-18)10-13-2-3-13/h8,13H,2-7,9-11H2,1H3,(H,19,20). The van der Waals surface area contributed by atoms with Crippen molar-refractivity contribution in [3.63, 3.8) is 0 Å². The number of aromatic nitrogens is 2. The second-order valence-corrected chi connectivity index (χ2v) is 7.91.